The van der Waals surface area contributed by atoms with Gasteiger partial charge in [0.05, 0.1) is 22.8 Å². The van der Waals surface area contributed by atoms with E-state index in [1.54, 1.807) is 0 Å². The zero-order valence-electron chi connectivity index (χ0n) is 33.6. The summed E-state index contributed by atoms with van der Waals surface area (Å²) in [6.07, 6.45) is 1.45. The number of furan rings is 1. The predicted molar refractivity (Wildman–Crippen MR) is 255 cm³/mol. The molecule has 1 aliphatic rings. The quantitative estimate of drug-likeness (QED) is 0.150. The lowest BCUT2D eigenvalue weighted by Gasteiger charge is -2.29. The van der Waals surface area contributed by atoms with Gasteiger partial charge in [-0.15, -0.1) is 0 Å². The van der Waals surface area contributed by atoms with Crippen LogP contribution in [-0.2, 0) is 0 Å². The summed E-state index contributed by atoms with van der Waals surface area (Å²) in [5.74, 6) is 0.664. The summed E-state index contributed by atoms with van der Waals surface area (Å²) < 4.78 is 6.37. The van der Waals surface area contributed by atoms with Gasteiger partial charge in [-0.3, -0.25) is 0 Å². The maximum absolute atomic E-state index is 8.54. The zero-order valence-corrected chi connectivity index (χ0v) is 33.6. The molecule has 0 unspecified atom stereocenters. The number of hydrogen-bond acceptors (Lipinski definition) is 5. The Hall–Kier alpha value is -8.41. The normalized spacial score (nSPS) is 13.2. The van der Waals surface area contributed by atoms with Crippen molar-refractivity contribution in [3.05, 3.63) is 240 Å². The van der Waals surface area contributed by atoms with Crippen molar-refractivity contribution in [2.75, 3.05) is 0 Å². The Kier molecular flexibility index (Phi) is 9.25. The Bertz CT molecular complexity index is 3350. The second kappa shape index (κ2) is 15.6. The third kappa shape index (κ3) is 6.59. The van der Waals surface area contributed by atoms with E-state index in [2.05, 4.69) is 163 Å². The van der Waals surface area contributed by atoms with E-state index in [0.29, 0.717) is 5.82 Å². The first-order chi connectivity index (χ1) is 30.7. The summed E-state index contributed by atoms with van der Waals surface area (Å²) in [4.78, 5) is 10.3. The van der Waals surface area contributed by atoms with Crippen LogP contribution in [0.4, 0.5) is 0 Å². The standard InChI is InChI=1S/C57H38N4O/c58-36-49(37-15-4-1-5-16-37)55-47-23-11-10-22-46(47)53(54(61-55)42-17-6-2-7-18-42)41-33-31-40(32-34-41)51-35-50(59-57(60-51)43-19-8-3-9-20-43)39-29-27-38(28-30-39)44-24-14-25-48-45-21-12-13-26-52(45)62-56(44)48/h1-36,58,61H/b55-49+,58-36?. The van der Waals surface area contributed by atoms with Gasteiger partial charge in [-0.2, -0.15) is 0 Å². The summed E-state index contributed by atoms with van der Waals surface area (Å²) in [5, 5.41) is 14.6. The molecule has 0 radical (unpaired) electrons. The van der Waals surface area contributed by atoms with Gasteiger partial charge < -0.3 is 15.1 Å². The van der Waals surface area contributed by atoms with Crippen molar-refractivity contribution in [3.8, 4) is 45.0 Å². The van der Waals surface area contributed by atoms with Crippen molar-refractivity contribution >= 4 is 50.7 Å². The highest BCUT2D eigenvalue weighted by atomic mass is 16.3. The molecule has 62 heavy (non-hydrogen) atoms. The van der Waals surface area contributed by atoms with Gasteiger partial charge in [0.25, 0.3) is 0 Å². The molecule has 11 rings (SSSR count). The van der Waals surface area contributed by atoms with Gasteiger partial charge in [0, 0.05) is 56.0 Å². The number of fused-ring (bicyclic) bond motifs is 4. The predicted octanol–water partition coefficient (Wildman–Crippen LogP) is 14.1. The van der Waals surface area contributed by atoms with E-state index in [1.165, 1.54) is 6.21 Å². The van der Waals surface area contributed by atoms with Crippen molar-refractivity contribution in [3.63, 3.8) is 0 Å². The molecule has 0 aliphatic carbocycles. The highest BCUT2D eigenvalue weighted by Gasteiger charge is 2.26. The molecule has 10 aromatic rings. The van der Waals surface area contributed by atoms with Gasteiger partial charge in [-0.05, 0) is 39.9 Å². The van der Waals surface area contributed by atoms with E-state index in [-0.39, 0.29) is 0 Å². The van der Waals surface area contributed by atoms with Crippen LogP contribution in [0.1, 0.15) is 27.8 Å². The Morgan fingerprint density at radius 3 is 1.66 bits per heavy atom. The maximum atomic E-state index is 8.54. The van der Waals surface area contributed by atoms with Crippen molar-refractivity contribution in [1.82, 2.24) is 15.3 Å². The number of para-hydroxylation sites is 2. The smallest absolute Gasteiger partial charge is 0.160 e. The van der Waals surface area contributed by atoms with Gasteiger partial charge in [-0.1, -0.05) is 200 Å². The van der Waals surface area contributed by atoms with Gasteiger partial charge >= 0.3 is 0 Å². The Morgan fingerprint density at radius 2 is 0.984 bits per heavy atom. The molecular formula is C57H38N4O. The van der Waals surface area contributed by atoms with E-state index in [1.807, 2.05) is 54.6 Å². The third-order valence-corrected chi connectivity index (χ3v) is 11.7. The Balaban J connectivity index is 1.00. The second-order valence-electron chi connectivity index (χ2n) is 15.3. The monoisotopic (exact) mass is 794 g/mol. The topological polar surface area (TPSA) is 74.8 Å². The minimum atomic E-state index is 0.664. The molecule has 0 bridgehead atoms. The van der Waals surface area contributed by atoms with Crippen molar-refractivity contribution in [2.24, 2.45) is 0 Å². The molecule has 0 saturated heterocycles. The first-order valence-corrected chi connectivity index (χ1v) is 20.7. The van der Waals surface area contributed by atoms with Gasteiger partial charge in [0.15, 0.2) is 5.82 Å². The summed E-state index contributed by atoms with van der Waals surface area (Å²) in [6.45, 7) is 0. The fourth-order valence-electron chi connectivity index (χ4n) is 8.62. The molecule has 0 amide bonds. The fourth-order valence-corrected chi connectivity index (χ4v) is 8.62. The minimum Gasteiger partial charge on any atom is -0.455 e. The van der Waals surface area contributed by atoms with Crippen molar-refractivity contribution in [2.45, 2.75) is 0 Å². The summed E-state index contributed by atoms with van der Waals surface area (Å²) in [5.41, 5.74) is 17.6. The van der Waals surface area contributed by atoms with Crippen LogP contribution < -0.4 is 5.32 Å². The molecule has 2 aromatic heterocycles. The first kappa shape index (κ1) is 36.7. The van der Waals surface area contributed by atoms with Crippen LogP contribution >= 0.6 is 0 Å². The lowest BCUT2D eigenvalue weighted by atomic mass is 9.84. The lowest BCUT2D eigenvalue weighted by Crippen LogP contribution is -2.21. The van der Waals surface area contributed by atoms with Crippen LogP contribution in [0.3, 0.4) is 0 Å². The molecule has 292 valence electrons. The number of aromatic nitrogens is 2. The van der Waals surface area contributed by atoms with Crippen molar-refractivity contribution < 1.29 is 4.42 Å². The number of hydrogen-bond donors (Lipinski definition) is 2. The van der Waals surface area contributed by atoms with E-state index in [0.717, 1.165) is 112 Å². The summed E-state index contributed by atoms with van der Waals surface area (Å²) in [7, 11) is 0. The van der Waals surface area contributed by atoms with E-state index < -0.39 is 0 Å². The zero-order chi connectivity index (χ0) is 41.4. The van der Waals surface area contributed by atoms with E-state index in [9.17, 15) is 0 Å². The van der Waals surface area contributed by atoms with Crippen molar-refractivity contribution in [1.29, 1.82) is 5.41 Å². The van der Waals surface area contributed by atoms with Crippen LogP contribution in [0.2, 0.25) is 0 Å². The van der Waals surface area contributed by atoms with Gasteiger partial charge in [0.2, 0.25) is 0 Å². The average Bonchev–Trinajstić information content (AvgIpc) is 3.74. The molecule has 5 heteroatoms. The fraction of sp³-hybridized carbons (Fsp3) is 0. The molecule has 1 aliphatic heterocycles. The Morgan fingerprint density at radius 1 is 0.452 bits per heavy atom. The molecule has 2 N–H and O–H groups in total. The van der Waals surface area contributed by atoms with Gasteiger partial charge in [-0.25, -0.2) is 9.97 Å². The number of benzene rings is 8. The molecule has 0 saturated carbocycles. The lowest BCUT2D eigenvalue weighted by molar-refractivity contribution is 0.670. The molecule has 5 nitrogen and oxygen atoms in total. The third-order valence-electron chi connectivity index (χ3n) is 11.7. The molecule has 3 heterocycles. The highest BCUT2D eigenvalue weighted by Crippen LogP contribution is 2.43. The SMILES string of the molecule is N=C/C(=C1\NC(c2ccccc2)=C(c2ccc(-c3cc(-c4ccc(-c5cccc6c5oc5ccccc56)cc4)nc(-c4ccccc4)n3)cc2)c2ccccc21)c1ccccc1. The Labute approximate surface area is 359 Å². The minimum absolute atomic E-state index is 0.664. The van der Waals surface area contributed by atoms with E-state index in [4.69, 9.17) is 19.8 Å². The number of nitrogens with one attached hydrogen (secondary N) is 2. The number of rotatable bonds is 8. The van der Waals surface area contributed by atoms with Crippen LogP contribution in [0.15, 0.2) is 217 Å². The largest absolute Gasteiger partial charge is 0.455 e. The maximum Gasteiger partial charge on any atom is 0.160 e. The number of nitrogens with zero attached hydrogens (tertiary/aromatic N) is 2. The van der Waals surface area contributed by atoms with Gasteiger partial charge in [0.1, 0.15) is 11.2 Å². The molecule has 0 atom stereocenters. The molecule has 8 aromatic carbocycles. The molecule has 0 fully saturated rings. The van der Waals surface area contributed by atoms with Crippen LogP contribution in [0.5, 0.6) is 0 Å². The summed E-state index contributed by atoms with van der Waals surface area (Å²) >= 11 is 0. The van der Waals surface area contributed by atoms with E-state index >= 15 is 0 Å². The number of allylic oxidation sites excluding steroid dienone is 1. The second-order valence-corrected chi connectivity index (χ2v) is 15.3. The van der Waals surface area contributed by atoms with Crippen LogP contribution in [0, 0.1) is 5.41 Å². The summed E-state index contributed by atoms with van der Waals surface area (Å²) in [6, 6.07) is 73.1. The first-order valence-electron chi connectivity index (χ1n) is 20.7. The van der Waals surface area contributed by atoms with Crippen LogP contribution in [0.25, 0.3) is 89.5 Å². The van der Waals surface area contributed by atoms with Crippen LogP contribution in [-0.4, -0.2) is 16.2 Å². The highest BCUT2D eigenvalue weighted by molar-refractivity contribution is 6.21. The molecular weight excluding hydrogens is 757 g/mol. The average molecular weight is 795 g/mol. The molecule has 0 spiro atoms.